The van der Waals surface area contributed by atoms with Crippen LogP contribution in [0, 0.1) is 0 Å². The molecule has 0 atom stereocenters. The molecule has 2 heteroatoms. The number of carbonyl (C=O) groups is 1. The number of hydrogen-bond acceptors (Lipinski definition) is 1. The molecule has 2 nitrogen and oxygen atoms in total. The number of nitrogens with zero attached hydrogens (tertiary/aromatic N) is 1. The highest BCUT2D eigenvalue weighted by Crippen LogP contribution is 2.13. The van der Waals surface area contributed by atoms with Crippen LogP contribution < -0.4 is 0 Å². The lowest BCUT2D eigenvalue weighted by Gasteiger charge is -2.09. The van der Waals surface area contributed by atoms with Crippen molar-refractivity contribution in [2.24, 2.45) is 0 Å². The van der Waals surface area contributed by atoms with E-state index in [1.54, 1.807) is 4.90 Å². The van der Waals surface area contributed by atoms with Crippen LogP contribution in [0.3, 0.4) is 0 Å². The highest BCUT2D eigenvalue weighted by atomic mass is 16.2. The maximum atomic E-state index is 11.4. The van der Waals surface area contributed by atoms with Gasteiger partial charge in [0.1, 0.15) is 0 Å². The van der Waals surface area contributed by atoms with E-state index in [2.05, 4.69) is 6.92 Å². The fraction of sp³-hybridized carbons (Fsp3) is 0.944. The van der Waals surface area contributed by atoms with Gasteiger partial charge >= 0.3 is 0 Å². The van der Waals surface area contributed by atoms with E-state index in [0.29, 0.717) is 0 Å². The molecule has 0 fully saturated rings. The van der Waals surface area contributed by atoms with Crippen LogP contribution in [0.2, 0.25) is 0 Å². The zero-order valence-corrected chi connectivity index (χ0v) is 14.3. The average Bonchev–Trinajstić information content (AvgIpc) is 2.43. The van der Waals surface area contributed by atoms with Crippen molar-refractivity contribution >= 4 is 5.91 Å². The maximum Gasteiger partial charge on any atom is 0.222 e. The van der Waals surface area contributed by atoms with Crippen LogP contribution in [0.15, 0.2) is 0 Å². The molecule has 0 spiro atoms. The molecule has 0 bridgehead atoms. The first kappa shape index (κ1) is 19.5. The third kappa shape index (κ3) is 13.9. The Morgan fingerprint density at radius 1 is 0.650 bits per heavy atom. The van der Waals surface area contributed by atoms with Gasteiger partial charge in [-0.1, -0.05) is 84.0 Å². The highest BCUT2D eigenvalue weighted by molar-refractivity contribution is 5.75. The summed E-state index contributed by atoms with van der Waals surface area (Å²) < 4.78 is 0. The lowest BCUT2D eigenvalue weighted by molar-refractivity contribution is -0.128. The monoisotopic (exact) mass is 283 g/mol. The smallest absolute Gasteiger partial charge is 0.222 e. The lowest BCUT2D eigenvalue weighted by atomic mass is 10.0. The van der Waals surface area contributed by atoms with Crippen LogP contribution in [0.4, 0.5) is 0 Å². The molecule has 0 aliphatic rings. The van der Waals surface area contributed by atoms with E-state index in [4.69, 9.17) is 0 Å². The minimum Gasteiger partial charge on any atom is -0.349 e. The van der Waals surface area contributed by atoms with E-state index in [0.717, 1.165) is 12.8 Å². The molecule has 0 aromatic rings. The Hall–Kier alpha value is -0.530. The number of carbonyl (C=O) groups excluding carboxylic acids is 1. The Kier molecular flexibility index (Phi) is 14.5. The van der Waals surface area contributed by atoms with Crippen LogP contribution in [-0.4, -0.2) is 24.9 Å². The maximum absolute atomic E-state index is 11.4. The molecule has 0 heterocycles. The second-order valence-corrected chi connectivity index (χ2v) is 6.28. The summed E-state index contributed by atoms with van der Waals surface area (Å²) in [7, 11) is 3.68. The predicted octanol–water partition coefficient (Wildman–Crippen LogP) is 5.56. The van der Waals surface area contributed by atoms with Gasteiger partial charge in [-0.25, -0.2) is 0 Å². The molecule has 0 aromatic heterocycles. The van der Waals surface area contributed by atoms with Crippen molar-refractivity contribution in [3.8, 4) is 0 Å². The van der Waals surface area contributed by atoms with Crippen LogP contribution in [-0.2, 0) is 4.79 Å². The van der Waals surface area contributed by atoms with E-state index in [1.807, 2.05) is 14.1 Å². The molecule has 0 saturated heterocycles. The molecule has 0 aromatic carbocycles. The lowest BCUT2D eigenvalue weighted by Crippen LogP contribution is -2.20. The van der Waals surface area contributed by atoms with Crippen LogP contribution >= 0.6 is 0 Å². The van der Waals surface area contributed by atoms with E-state index >= 15 is 0 Å². The van der Waals surface area contributed by atoms with Gasteiger partial charge in [0.15, 0.2) is 0 Å². The van der Waals surface area contributed by atoms with Crippen molar-refractivity contribution in [1.82, 2.24) is 4.90 Å². The minimum absolute atomic E-state index is 0.271. The minimum atomic E-state index is 0.271. The standard InChI is InChI=1S/C18H37NO/c1-4-5-6-7-8-9-10-11-12-13-14-15-16-17-18(20)19(2)3/h4-17H2,1-3H3. The topological polar surface area (TPSA) is 20.3 Å². The van der Waals surface area contributed by atoms with Crippen LogP contribution in [0.1, 0.15) is 96.8 Å². The van der Waals surface area contributed by atoms with Gasteiger partial charge in [0.25, 0.3) is 0 Å². The number of rotatable bonds is 14. The Morgan fingerprint density at radius 2 is 1.00 bits per heavy atom. The predicted molar refractivity (Wildman–Crippen MR) is 89.0 cm³/mol. The van der Waals surface area contributed by atoms with Crippen LogP contribution in [0.5, 0.6) is 0 Å². The van der Waals surface area contributed by atoms with Crippen molar-refractivity contribution in [3.05, 3.63) is 0 Å². The third-order valence-corrected chi connectivity index (χ3v) is 3.99. The van der Waals surface area contributed by atoms with Crippen molar-refractivity contribution in [3.63, 3.8) is 0 Å². The first-order chi connectivity index (χ1) is 9.68. The number of amides is 1. The highest BCUT2D eigenvalue weighted by Gasteiger charge is 2.02. The largest absolute Gasteiger partial charge is 0.349 e. The zero-order valence-electron chi connectivity index (χ0n) is 14.3. The normalized spacial score (nSPS) is 10.8. The molecule has 0 aliphatic carbocycles. The molecule has 0 rings (SSSR count). The summed E-state index contributed by atoms with van der Waals surface area (Å²) in [5.74, 6) is 0.271. The Morgan fingerprint density at radius 3 is 1.35 bits per heavy atom. The fourth-order valence-electron chi connectivity index (χ4n) is 2.52. The van der Waals surface area contributed by atoms with Gasteiger partial charge in [-0.3, -0.25) is 4.79 Å². The fourth-order valence-corrected chi connectivity index (χ4v) is 2.52. The quantitative estimate of drug-likeness (QED) is 0.382. The Labute approximate surface area is 127 Å². The summed E-state index contributed by atoms with van der Waals surface area (Å²) in [6.45, 7) is 2.27. The van der Waals surface area contributed by atoms with Crippen LogP contribution in [0.25, 0.3) is 0 Å². The van der Waals surface area contributed by atoms with Gasteiger partial charge in [-0.05, 0) is 6.42 Å². The average molecular weight is 283 g/mol. The van der Waals surface area contributed by atoms with Gasteiger partial charge in [-0.15, -0.1) is 0 Å². The zero-order chi connectivity index (χ0) is 15.1. The number of unbranched alkanes of at least 4 members (excludes halogenated alkanes) is 12. The SMILES string of the molecule is CCCCCCCCCCCCCCCC(=O)N(C)C. The molecular weight excluding hydrogens is 246 g/mol. The van der Waals surface area contributed by atoms with Gasteiger partial charge in [0.05, 0.1) is 0 Å². The molecule has 0 N–H and O–H groups in total. The van der Waals surface area contributed by atoms with E-state index in [1.165, 1.54) is 77.0 Å². The second-order valence-electron chi connectivity index (χ2n) is 6.28. The molecule has 0 unspecified atom stereocenters. The third-order valence-electron chi connectivity index (χ3n) is 3.99. The van der Waals surface area contributed by atoms with Gasteiger partial charge in [0.2, 0.25) is 5.91 Å². The van der Waals surface area contributed by atoms with Crippen molar-refractivity contribution in [1.29, 1.82) is 0 Å². The number of hydrogen-bond donors (Lipinski definition) is 0. The summed E-state index contributed by atoms with van der Waals surface area (Å²) >= 11 is 0. The summed E-state index contributed by atoms with van der Waals surface area (Å²) in [6, 6.07) is 0. The van der Waals surface area contributed by atoms with Gasteiger partial charge in [-0.2, -0.15) is 0 Å². The Balaban J connectivity index is 3.04. The molecule has 20 heavy (non-hydrogen) atoms. The molecule has 0 aliphatic heterocycles. The first-order valence-corrected chi connectivity index (χ1v) is 8.88. The van der Waals surface area contributed by atoms with Crippen molar-refractivity contribution in [2.45, 2.75) is 96.8 Å². The van der Waals surface area contributed by atoms with Crippen molar-refractivity contribution in [2.75, 3.05) is 14.1 Å². The second kappa shape index (κ2) is 14.9. The van der Waals surface area contributed by atoms with E-state index in [9.17, 15) is 4.79 Å². The molecule has 120 valence electrons. The van der Waals surface area contributed by atoms with Crippen molar-refractivity contribution < 1.29 is 4.79 Å². The summed E-state index contributed by atoms with van der Waals surface area (Å²) in [5.41, 5.74) is 0. The summed E-state index contributed by atoms with van der Waals surface area (Å²) in [4.78, 5) is 13.1. The molecular formula is C18H37NO. The van der Waals surface area contributed by atoms with Gasteiger partial charge < -0.3 is 4.90 Å². The van der Waals surface area contributed by atoms with E-state index < -0.39 is 0 Å². The summed E-state index contributed by atoms with van der Waals surface area (Å²) in [5, 5.41) is 0. The summed E-state index contributed by atoms with van der Waals surface area (Å²) in [6.07, 6.45) is 18.4. The van der Waals surface area contributed by atoms with E-state index in [-0.39, 0.29) is 5.91 Å². The molecule has 0 radical (unpaired) electrons. The first-order valence-electron chi connectivity index (χ1n) is 8.88. The van der Waals surface area contributed by atoms with Gasteiger partial charge in [0, 0.05) is 20.5 Å². The molecule has 1 amide bonds. The molecule has 0 saturated carbocycles. The Bertz CT molecular complexity index is 213.